The molecule has 1 heterocycles. The highest BCUT2D eigenvalue weighted by molar-refractivity contribution is 6.05. The highest BCUT2D eigenvalue weighted by Crippen LogP contribution is 2.33. The van der Waals surface area contributed by atoms with Crippen molar-refractivity contribution in [2.45, 2.75) is 20.0 Å². The smallest absolute Gasteiger partial charge is 0.351 e. The van der Waals surface area contributed by atoms with Crippen LogP contribution in [0.15, 0.2) is 22.7 Å². The molecule has 0 atom stereocenters. The molecule has 0 bridgehead atoms. The number of aryl methyl sites for hydroxylation is 2. The van der Waals surface area contributed by atoms with Gasteiger partial charge in [0.1, 0.15) is 11.4 Å². The highest BCUT2D eigenvalue weighted by atomic mass is 19.4. The summed E-state index contributed by atoms with van der Waals surface area (Å²) in [6.45, 7) is 2.80. The summed E-state index contributed by atoms with van der Waals surface area (Å²) < 4.78 is 55.5. The van der Waals surface area contributed by atoms with E-state index in [2.05, 4.69) is 15.0 Å². The summed E-state index contributed by atoms with van der Waals surface area (Å²) in [5, 5.41) is 5.35. The highest BCUT2D eigenvalue weighted by Gasteiger charge is 2.42. The molecule has 0 radical (unpaired) electrons. The summed E-state index contributed by atoms with van der Waals surface area (Å²) in [6, 6.07) is 3.65. The van der Waals surface area contributed by atoms with Gasteiger partial charge in [-0.05, 0) is 37.6 Å². The second-order valence-electron chi connectivity index (χ2n) is 4.44. The Morgan fingerprint density at radius 3 is 2.48 bits per heavy atom. The normalized spacial score (nSPS) is 11.5. The molecule has 0 spiro atoms. The summed E-state index contributed by atoms with van der Waals surface area (Å²) in [6.07, 6.45) is -4.84. The maximum Gasteiger partial charge on any atom is 0.453 e. The molecule has 0 aliphatic carbocycles. The Bertz CT molecular complexity index is 672. The van der Waals surface area contributed by atoms with Gasteiger partial charge in [0.05, 0.1) is 5.69 Å². The van der Waals surface area contributed by atoms with Crippen molar-refractivity contribution in [3.63, 3.8) is 0 Å². The molecule has 112 valence electrons. The van der Waals surface area contributed by atoms with E-state index in [1.807, 2.05) is 0 Å². The number of rotatable bonds is 2. The first-order valence-electron chi connectivity index (χ1n) is 5.80. The molecule has 1 amide bonds. The number of aromatic nitrogens is 1. The molecule has 4 nitrogen and oxygen atoms in total. The Kier molecular flexibility index (Phi) is 3.71. The predicted octanol–water partition coefficient (Wildman–Crippen LogP) is 3.70. The van der Waals surface area contributed by atoms with Crippen LogP contribution < -0.4 is 5.32 Å². The van der Waals surface area contributed by atoms with Gasteiger partial charge in [0.2, 0.25) is 0 Å². The average Bonchev–Trinajstić information content (AvgIpc) is 2.69. The summed E-state index contributed by atoms with van der Waals surface area (Å²) in [5.41, 5.74) is -0.355. The van der Waals surface area contributed by atoms with Gasteiger partial charge < -0.3 is 9.84 Å². The lowest BCUT2D eigenvalue weighted by molar-refractivity contribution is -0.155. The van der Waals surface area contributed by atoms with Crippen LogP contribution >= 0.6 is 0 Å². The molecule has 0 unspecified atom stereocenters. The fourth-order valence-corrected chi connectivity index (χ4v) is 1.83. The Morgan fingerprint density at radius 1 is 1.24 bits per heavy atom. The van der Waals surface area contributed by atoms with E-state index in [-0.39, 0.29) is 11.4 Å². The van der Waals surface area contributed by atoms with Gasteiger partial charge >= 0.3 is 6.18 Å². The number of carbonyl (C=O) groups is 1. The van der Waals surface area contributed by atoms with Crippen molar-refractivity contribution in [3.8, 4) is 0 Å². The van der Waals surface area contributed by atoms with Crippen LogP contribution in [-0.4, -0.2) is 11.1 Å². The first-order valence-corrected chi connectivity index (χ1v) is 5.80. The SMILES string of the molecule is Cc1cc(F)cc(NC(=O)c2c(C)noc2C(F)(F)F)c1. The molecule has 21 heavy (non-hydrogen) atoms. The second-order valence-corrected chi connectivity index (χ2v) is 4.44. The summed E-state index contributed by atoms with van der Waals surface area (Å²) >= 11 is 0. The Morgan fingerprint density at radius 2 is 1.90 bits per heavy atom. The topological polar surface area (TPSA) is 55.1 Å². The fourth-order valence-electron chi connectivity index (χ4n) is 1.83. The molecule has 1 N–H and O–H groups in total. The standard InChI is InChI=1S/C13H10F4N2O2/c1-6-3-8(14)5-9(4-6)18-12(20)10-7(2)19-21-11(10)13(15,16)17/h3-5H,1-2H3,(H,18,20). The average molecular weight is 302 g/mol. The predicted molar refractivity (Wildman–Crippen MR) is 65.3 cm³/mol. The number of hydrogen-bond acceptors (Lipinski definition) is 3. The molecular weight excluding hydrogens is 292 g/mol. The Hall–Kier alpha value is -2.38. The Labute approximate surface area is 116 Å². The van der Waals surface area contributed by atoms with Crippen LogP contribution in [0.4, 0.5) is 23.2 Å². The number of anilines is 1. The number of alkyl halides is 3. The summed E-state index contributed by atoms with van der Waals surface area (Å²) in [7, 11) is 0. The minimum absolute atomic E-state index is 0.0474. The second kappa shape index (κ2) is 5.19. The number of amides is 1. The molecule has 0 saturated carbocycles. The third kappa shape index (κ3) is 3.21. The molecule has 0 saturated heterocycles. The molecule has 1 aromatic heterocycles. The lowest BCUT2D eigenvalue weighted by Gasteiger charge is -2.08. The number of halogens is 4. The van der Waals surface area contributed by atoms with Crippen LogP contribution in [0, 0.1) is 19.7 Å². The third-order valence-corrected chi connectivity index (χ3v) is 2.65. The van der Waals surface area contributed by atoms with Crippen molar-refractivity contribution in [3.05, 3.63) is 46.6 Å². The lowest BCUT2D eigenvalue weighted by atomic mass is 10.1. The lowest BCUT2D eigenvalue weighted by Crippen LogP contribution is -2.18. The van der Waals surface area contributed by atoms with Crippen molar-refractivity contribution in [1.82, 2.24) is 5.16 Å². The first-order chi connectivity index (χ1) is 9.68. The maximum atomic E-state index is 13.2. The van der Waals surface area contributed by atoms with Crippen molar-refractivity contribution in [1.29, 1.82) is 0 Å². The van der Waals surface area contributed by atoms with Crippen LogP contribution in [0.3, 0.4) is 0 Å². The summed E-state index contributed by atoms with van der Waals surface area (Å²) in [4.78, 5) is 12.0. The minimum atomic E-state index is -4.84. The van der Waals surface area contributed by atoms with E-state index < -0.39 is 29.2 Å². The van der Waals surface area contributed by atoms with Crippen molar-refractivity contribution < 1.29 is 26.9 Å². The van der Waals surface area contributed by atoms with Gasteiger partial charge in [0, 0.05) is 5.69 Å². The Balaban J connectivity index is 2.35. The number of nitrogens with one attached hydrogen (secondary N) is 1. The molecule has 0 fully saturated rings. The molecule has 0 aliphatic rings. The molecule has 2 rings (SSSR count). The van der Waals surface area contributed by atoms with Crippen LogP contribution in [0.1, 0.15) is 27.4 Å². The van der Waals surface area contributed by atoms with Gasteiger partial charge in [-0.15, -0.1) is 0 Å². The van der Waals surface area contributed by atoms with Gasteiger partial charge in [0.25, 0.3) is 11.7 Å². The summed E-state index contributed by atoms with van der Waals surface area (Å²) in [5.74, 6) is -3.15. The molecular formula is C13H10F4N2O2. The van der Waals surface area contributed by atoms with Gasteiger partial charge in [-0.25, -0.2) is 4.39 Å². The number of hydrogen-bond donors (Lipinski definition) is 1. The minimum Gasteiger partial charge on any atom is -0.351 e. The van der Waals surface area contributed by atoms with E-state index in [9.17, 15) is 22.4 Å². The van der Waals surface area contributed by atoms with Crippen molar-refractivity contribution >= 4 is 11.6 Å². The first kappa shape index (κ1) is 15.0. The zero-order valence-electron chi connectivity index (χ0n) is 11.0. The van der Waals surface area contributed by atoms with E-state index in [4.69, 9.17) is 0 Å². The van der Waals surface area contributed by atoms with Gasteiger partial charge in [-0.3, -0.25) is 4.79 Å². The maximum absolute atomic E-state index is 13.2. The fraction of sp³-hybridized carbons (Fsp3) is 0.231. The van der Waals surface area contributed by atoms with Crippen molar-refractivity contribution in [2.24, 2.45) is 0 Å². The zero-order valence-corrected chi connectivity index (χ0v) is 11.0. The number of nitrogens with zero attached hydrogens (tertiary/aromatic N) is 1. The van der Waals surface area contributed by atoms with E-state index in [1.165, 1.54) is 19.1 Å². The van der Waals surface area contributed by atoms with Crippen LogP contribution in [-0.2, 0) is 6.18 Å². The largest absolute Gasteiger partial charge is 0.453 e. The van der Waals surface area contributed by atoms with Crippen LogP contribution in [0.5, 0.6) is 0 Å². The van der Waals surface area contributed by atoms with E-state index in [0.29, 0.717) is 5.56 Å². The van der Waals surface area contributed by atoms with Gasteiger partial charge in [-0.1, -0.05) is 5.16 Å². The number of carbonyl (C=O) groups excluding carboxylic acids is 1. The van der Waals surface area contributed by atoms with Crippen LogP contribution in [0.2, 0.25) is 0 Å². The van der Waals surface area contributed by atoms with Crippen molar-refractivity contribution in [2.75, 3.05) is 5.32 Å². The monoisotopic (exact) mass is 302 g/mol. The van der Waals surface area contributed by atoms with E-state index in [1.54, 1.807) is 6.92 Å². The van der Waals surface area contributed by atoms with Crippen LogP contribution in [0.25, 0.3) is 0 Å². The molecule has 1 aromatic carbocycles. The third-order valence-electron chi connectivity index (χ3n) is 2.65. The molecule has 0 aliphatic heterocycles. The molecule has 2 aromatic rings. The van der Waals surface area contributed by atoms with E-state index >= 15 is 0 Å². The van der Waals surface area contributed by atoms with E-state index in [0.717, 1.165) is 6.07 Å². The zero-order chi connectivity index (χ0) is 15.8. The molecule has 8 heteroatoms. The quantitative estimate of drug-likeness (QED) is 0.861. The van der Waals surface area contributed by atoms with Gasteiger partial charge in [-0.2, -0.15) is 13.2 Å². The van der Waals surface area contributed by atoms with Gasteiger partial charge in [0.15, 0.2) is 0 Å². The number of benzene rings is 1.